The molecule has 1 unspecified atom stereocenters. The third-order valence-electron chi connectivity index (χ3n) is 3.77. The zero-order chi connectivity index (χ0) is 13.7. The highest BCUT2D eigenvalue weighted by molar-refractivity contribution is 4.89. The summed E-state index contributed by atoms with van der Waals surface area (Å²) in [4.78, 5) is 6.90. The van der Waals surface area contributed by atoms with Crippen molar-refractivity contribution in [3.05, 3.63) is 12.2 Å². The number of nitrogens with zero attached hydrogens (tertiary/aromatic N) is 4. The van der Waals surface area contributed by atoms with E-state index in [0.717, 1.165) is 38.3 Å². The van der Waals surface area contributed by atoms with Crippen LogP contribution in [-0.4, -0.2) is 44.0 Å². The highest BCUT2D eigenvalue weighted by Gasteiger charge is 2.25. The normalized spacial score (nSPS) is 20.5. The van der Waals surface area contributed by atoms with Crippen molar-refractivity contribution in [3.8, 4) is 0 Å². The smallest absolute Gasteiger partial charge is 0.141 e. The molecule has 0 radical (unpaired) electrons. The van der Waals surface area contributed by atoms with Gasteiger partial charge in [0.05, 0.1) is 6.54 Å². The summed E-state index contributed by atoms with van der Waals surface area (Å²) < 4.78 is 2.03. The van der Waals surface area contributed by atoms with E-state index in [9.17, 15) is 0 Å². The van der Waals surface area contributed by atoms with Crippen LogP contribution in [-0.2, 0) is 13.1 Å². The van der Waals surface area contributed by atoms with Crippen LogP contribution in [0.15, 0.2) is 6.33 Å². The van der Waals surface area contributed by atoms with Gasteiger partial charge in [0.2, 0.25) is 0 Å². The highest BCUT2D eigenvalue weighted by atomic mass is 16.2. The molecule has 1 saturated heterocycles. The minimum absolute atomic E-state index is 0.299. The van der Waals surface area contributed by atoms with Gasteiger partial charge in [-0.15, -0.1) is 0 Å². The molecule has 0 saturated carbocycles. The van der Waals surface area contributed by atoms with E-state index in [-0.39, 0.29) is 0 Å². The second-order valence-corrected chi connectivity index (χ2v) is 5.88. The van der Waals surface area contributed by atoms with Gasteiger partial charge in [-0.1, -0.05) is 13.8 Å². The Morgan fingerprint density at radius 1 is 1.47 bits per heavy atom. The van der Waals surface area contributed by atoms with Crippen molar-refractivity contribution in [2.45, 2.75) is 58.7 Å². The quantitative estimate of drug-likeness (QED) is 0.815. The maximum Gasteiger partial charge on any atom is 0.141 e. The molecule has 5 heteroatoms. The van der Waals surface area contributed by atoms with E-state index in [0.29, 0.717) is 18.6 Å². The van der Waals surface area contributed by atoms with E-state index in [1.807, 2.05) is 4.68 Å². The topological polar surface area (TPSA) is 54.2 Å². The third-order valence-corrected chi connectivity index (χ3v) is 3.77. The molecule has 1 atom stereocenters. The Kier molecular flexibility index (Phi) is 5.34. The van der Waals surface area contributed by atoms with Gasteiger partial charge in [-0.25, -0.2) is 9.67 Å². The lowest BCUT2D eigenvalue weighted by Crippen LogP contribution is -2.30. The fraction of sp³-hybridized carbons (Fsp3) is 0.857. The first-order valence-corrected chi connectivity index (χ1v) is 7.42. The van der Waals surface area contributed by atoms with E-state index in [1.165, 1.54) is 12.8 Å². The first-order valence-electron chi connectivity index (χ1n) is 7.42. The zero-order valence-electron chi connectivity index (χ0n) is 12.1. The number of aliphatic hydroxyl groups is 1. The van der Waals surface area contributed by atoms with Gasteiger partial charge in [-0.3, -0.25) is 4.90 Å². The van der Waals surface area contributed by atoms with E-state index >= 15 is 0 Å². The Labute approximate surface area is 115 Å². The molecule has 2 rings (SSSR count). The second kappa shape index (κ2) is 7.01. The van der Waals surface area contributed by atoms with Gasteiger partial charge >= 0.3 is 0 Å². The van der Waals surface area contributed by atoms with Gasteiger partial charge in [0.15, 0.2) is 0 Å². The van der Waals surface area contributed by atoms with Crippen LogP contribution in [0, 0.1) is 5.92 Å². The minimum Gasteiger partial charge on any atom is -0.396 e. The summed E-state index contributed by atoms with van der Waals surface area (Å²) >= 11 is 0. The Morgan fingerprint density at radius 3 is 3.05 bits per heavy atom. The molecular formula is C14H26N4O. The van der Waals surface area contributed by atoms with Crippen LogP contribution in [0.1, 0.15) is 45.4 Å². The minimum atomic E-state index is 0.299. The predicted octanol–water partition coefficient (Wildman–Crippen LogP) is 1.67. The van der Waals surface area contributed by atoms with Gasteiger partial charge in [0.1, 0.15) is 12.2 Å². The van der Waals surface area contributed by atoms with E-state index in [1.54, 1.807) is 6.33 Å². The Hall–Kier alpha value is -0.940. The highest BCUT2D eigenvalue weighted by Crippen LogP contribution is 2.23. The molecule has 1 aromatic rings. The monoisotopic (exact) mass is 266 g/mol. The molecule has 0 spiro atoms. The first kappa shape index (κ1) is 14.5. The van der Waals surface area contributed by atoms with Crippen molar-refractivity contribution in [3.63, 3.8) is 0 Å². The third kappa shape index (κ3) is 4.01. The average molecular weight is 266 g/mol. The molecule has 108 valence electrons. The van der Waals surface area contributed by atoms with Crippen LogP contribution in [0.3, 0.4) is 0 Å². The summed E-state index contributed by atoms with van der Waals surface area (Å²) in [7, 11) is 0. The SMILES string of the molecule is CC(C)Cn1ncnc1CN1CCCC1CCCO. The van der Waals surface area contributed by atoms with Crippen molar-refractivity contribution in [2.24, 2.45) is 5.92 Å². The van der Waals surface area contributed by atoms with Crippen LogP contribution >= 0.6 is 0 Å². The average Bonchev–Trinajstić information content (AvgIpc) is 2.97. The summed E-state index contributed by atoms with van der Waals surface area (Å²) in [6, 6.07) is 0.608. The molecule has 1 aliphatic rings. The van der Waals surface area contributed by atoms with Crippen LogP contribution in [0.25, 0.3) is 0 Å². The lowest BCUT2D eigenvalue weighted by molar-refractivity contribution is 0.203. The molecule has 1 aliphatic heterocycles. The van der Waals surface area contributed by atoms with E-state index in [2.05, 4.69) is 28.8 Å². The van der Waals surface area contributed by atoms with Gasteiger partial charge in [0.25, 0.3) is 0 Å². The first-order chi connectivity index (χ1) is 9.20. The van der Waals surface area contributed by atoms with Crippen molar-refractivity contribution < 1.29 is 5.11 Å². The van der Waals surface area contributed by atoms with E-state index < -0.39 is 0 Å². The Balaban J connectivity index is 1.94. The van der Waals surface area contributed by atoms with Gasteiger partial charge < -0.3 is 5.11 Å². The molecule has 0 aliphatic carbocycles. The Morgan fingerprint density at radius 2 is 2.32 bits per heavy atom. The van der Waals surface area contributed by atoms with Gasteiger partial charge in [0, 0.05) is 19.2 Å². The standard InChI is InChI=1S/C14H26N4O/c1-12(2)9-18-14(15-11-16-18)10-17-7-3-5-13(17)6-4-8-19/h11-13,19H,3-10H2,1-2H3. The number of aliphatic hydroxyl groups excluding tert-OH is 1. The largest absolute Gasteiger partial charge is 0.396 e. The molecule has 0 bridgehead atoms. The maximum absolute atomic E-state index is 8.97. The van der Waals surface area contributed by atoms with Crippen molar-refractivity contribution in [1.29, 1.82) is 0 Å². The number of likely N-dealkylation sites (tertiary alicyclic amines) is 1. The lowest BCUT2D eigenvalue weighted by atomic mass is 10.1. The van der Waals surface area contributed by atoms with E-state index in [4.69, 9.17) is 5.11 Å². The van der Waals surface area contributed by atoms with Crippen molar-refractivity contribution >= 4 is 0 Å². The molecule has 0 aromatic carbocycles. The van der Waals surface area contributed by atoms with Crippen LogP contribution in [0.2, 0.25) is 0 Å². The summed E-state index contributed by atoms with van der Waals surface area (Å²) in [6.07, 6.45) is 6.16. The lowest BCUT2D eigenvalue weighted by Gasteiger charge is -2.24. The fourth-order valence-electron chi connectivity index (χ4n) is 2.85. The number of rotatable bonds is 7. The summed E-state index contributed by atoms with van der Waals surface area (Å²) in [6.45, 7) is 7.67. The molecule has 1 fully saturated rings. The summed E-state index contributed by atoms with van der Waals surface area (Å²) in [5.74, 6) is 1.66. The fourth-order valence-corrected chi connectivity index (χ4v) is 2.85. The number of aromatic nitrogens is 3. The van der Waals surface area contributed by atoms with Gasteiger partial charge in [-0.05, 0) is 38.1 Å². The number of hydrogen-bond acceptors (Lipinski definition) is 4. The Bertz CT molecular complexity index is 377. The molecule has 5 nitrogen and oxygen atoms in total. The molecule has 1 aromatic heterocycles. The molecular weight excluding hydrogens is 240 g/mol. The molecule has 2 heterocycles. The number of hydrogen-bond donors (Lipinski definition) is 1. The second-order valence-electron chi connectivity index (χ2n) is 5.88. The predicted molar refractivity (Wildman–Crippen MR) is 74.6 cm³/mol. The summed E-state index contributed by atoms with van der Waals surface area (Å²) in [5.41, 5.74) is 0. The van der Waals surface area contributed by atoms with Crippen LogP contribution in [0.5, 0.6) is 0 Å². The van der Waals surface area contributed by atoms with Gasteiger partial charge in [-0.2, -0.15) is 5.10 Å². The molecule has 19 heavy (non-hydrogen) atoms. The van der Waals surface area contributed by atoms with Crippen molar-refractivity contribution in [2.75, 3.05) is 13.2 Å². The summed E-state index contributed by atoms with van der Waals surface area (Å²) in [5, 5.41) is 13.3. The van der Waals surface area contributed by atoms with Crippen LogP contribution in [0.4, 0.5) is 0 Å². The molecule has 0 amide bonds. The maximum atomic E-state index is 8.97. The van der Waals surface area contributed by atoms with Crippen LogP contribution < -0.4 is 0 Å². The van der Waals surface area contributed by atoms with Crippen molar-refractivity contribution in [1.82, 2.24) is 19.7 Å². The molecule has 1 N–H and O–H groups in total. The zero-order valence-corrected chi connectivity index (χ0v) is 12.1.